The van der Waals surface area contributed by atoms with Crippen molar-refractivity contribution < 1.29 is 4.79 Å². The van der Waals surface area contributed by atoms with E-state index < -0.39 is 0 Å². The van der Waals surface area contributed by atoms with Gasteiger partial charge in [-0.05, 0) is 24.1 Å². The van der Waals surface area contributed by atoms with Gasteiger partial charge in [0.25, 0.3) is 5.91 Å². The van der Waals surface area contributed by atoms with Gasteiger partial charge in [-0.2, -0.15) is 0 Å². The van der Waals surface area contributed by atoms with Crippen molar-refractivity contribution in [1.82, 2.24) is 9.88 Å². The Kier molecular flexibility index (Phi) is 5.63. The molecule has 0 bridgehead atoms. The Balaban J connectivity index is 2.61. The normalized spacial score (nSPS) is 10.3. The first-order valence-corrected chi connectivity index (χ1v) is 6.09. The number of pyridine rings is 1. The zero-order valence-corrected chi connectivity index (χ0v) is 10.6. The Morgan fingerprint density at radius 1 is 1.47 bits per heavy atom. The van der Waals surface area contributed by atoms with Crippen LogP contribution < -0.4 is 5.73 Å². The van der Waals surface area contributed by atoms with E-state index in [9.17, 15) is 4.79 Å². The van der Waals surface area contributed by atoms with Crippen LogP contribution in [0.25, 0.3) is 0 Å². The highest BCUT2D eigenvalue weighted by Crippen LogP contribution is 2.05. The maximum atomic E-state index is 12.0. The zero-order chi connectivity index (χ0) is 12.7. The van der Waals surface area contributed by atoms with E-state index in [1.807, 2.05) is 13.1 Å². The summed E-state index contributed by atoms with van der Waals surface area (Å²) >= 11 is 0. The van der Waals surface area contributed by atoms with Crippen molar-refractivity contribution >= 4 is 5.91 Å². The average Bonchev–Trinajstić information content (AvgIpc) is 2.38. The molecule has 1 aromatic heterocycles. The second-order valence-electron chi connectivity index (χ2n) is 4.19. The number of amides is 1. The third-order valence-electron chi connectivity index (χ3n) is 2.72. The molecule has 0 aliphatic heterocycles. The van der Waals surface area contributed by atoms with Crippen molar-refractivity contribution in [1.29, 1.82) is 0 Å². The van der Waals surface area contributed by atoms with Crippen molar-refractivity contribution in [2.24, 2.45) is 5.73 Å². The molecule has 1 aromatic rings. The smallest absolute Gasteiger partial charge is 0.272 e. The molecule has 0 aliphatic rings. The monoisotopic (exact) mass is 235 g/mol. The first-order chi connectivity index (χ1) is 8.19. The Bertz CT molecular complexity index is 365. The molecule has 0 atom stereocenters. The lowest BCUT2D eigenvalue weighted by Gasteiger charge is -2.16. The highest BCUT2D eigenvalue weighted by atomic mass is 16.2. The third kappa shape index (κ3) is 4.15. The Morgan fingerprint density at radius 3 is 2.88 bits per heavy atom. The topological polar surface area (TPSA) is 59.2 Å². The summed E-state index contributed by atoms with van der Waals surface area (Å²) in [5, 5.41) is 0. The molecule has 1 heterocycles. The third-order valence-corrected chi connectivity index (χ3v) is 2.72. The molecule has 0 unspecified atom stereocenters. The van der Waals surface area contributed by atoms with E-state index >= 15 is 0 Å². The molecule has 0 radical (unpaired) electrons. The lowest BCUT2D eigenvalue weighted by molar-refractivity contribution is 0.0787. The minimum absolute atomic E-state index is 0.0311. The fraction of sp³-hybridized carbons (Fsp3) is 0.538. The van der Waals surface area contributed by atoms with Crippen LogP contribution in [0.15, 0.2) is 18.3 Å². The van der Waals surface area contributed by atoms with Gasteiger partial charge in [-0.1, -0.05) is 19.8 Å². The highest BCUT2D eigenvalue weighted by Gasteiger charge is 2.12. The predicted molar refractivity (Wildman–Crippen MR) is 68.6 cm³/mol. The standard InChI is InChI=1S/C13H21N3O/c1-3-4-5-8-16(2)13(17)12-9-11(10-14)6-7-15-12/h6-7,9H,3-5,8,10,14H2,1-2H3. The molecule has 0 spiro atoms. The van der Waals surface area contributed by atoms with E-state index in [1.54, 1.807) is 17.2 Å². The van der Waals surface area contributed by atoms with Crippen molar-refractivity contribution in [2.45, 2.75) is 32.7 Å². The predicted octanol–water partition coefficient (Wildman–Crippen LogP) is 1.80. The number of carbonyl (C=O) groups excluding carboxylic acids is 1. The molecule has 17 heavy (non-hydrogen) atoms. The van der Waals surface area contributed by atoms with E-state index in [0.29, 0.717) is 12.2 Å². The molecule has 0 fully saturated rings. The van der Waals surface area contributed by atoms with Crippen LogP contribution in [-0.4, -0.2) is 29.4 Å². The molecule has 1 amide bonds. The maximum Gasteiger partial charge on any atom is 0.272 e. The van der Waals surface area contributed by atoms with E-state index in [2.05, 4.69) is 11.9 Å². The Morgan fingerprint density at radius 2 is 2.24 bits per heavy atom. The van der Waals surface area contributed by atoms with Crippen molar-refractivity contribution in [3.05, 3.63) is 29.6 Å². The van der Waals surface area contributed by atoms with Crippen LogP contribution >= 0.6 is 0 Å². The Labute approximate surface area is 103 Å². The van der Waals surface area contributed by atoms with Gasteiger partial charge in [-0.15, -0.1) is 0 Å². The molecule has 0 saturated carbocycles. The van der Waals surface area contributed by atoms with Crippen LogP contribution in [0.1, 0.15) is 42.2 Å². The molecule has 1 rings (SSSR count). The number of nitrogens with two attached hydrogens (primary N) is 1. The van der Waals surface area contributed by atoms with Crippen LogP contribution in [0.5, 0.6) is 0 Å². The molecular weight excluding hydrogens is 214 g/mol. The van der Waals surface area contributed by atoms with E-state index in [4.69, 9.17) is 5.73 Å². The van der Waals surface area contributed by atoms with Gasteiger partial charge in [-0.25, -0.2) is 0 Å². The molecule has 0 saturated heterocycles. The minimum atomic E-state index is -0.0311. The van der Waals surface area contributed by atoms with Crippen molar-refractivity contribution in [2.75, 3.05) is 13.6 Å². The summed E-state index contributed by atoms with van der Waals surface area (Å²) in [5.74, 6) is -0.0311. The first kappa shape index (κ1) is 13.6. The second kappa shape index (κ2) is 7.01. The van der Waals surface area contributed by atoms with Gasteiger partial charge in [0.05, 0.1) is 0 Å². The van der Waals surface area contributed by atoms with E-state index in [-0.39, 0.29) is 5.91 Å². The molecule has 0 aromatic carbocycles. The highest BCUT2D eigenvalue weighted by molar-refractivity contribution is 5.92. The summed E-state index contributed by atoms with van der Waals surface area (Å²) in [5.41, 5.74) is 6.95. The number of hydrogen-bond acceptors (Lipinski definition) is 3. The van der Waals surface area contributed by atoms with E-state index in [0.717, 1.165) is 31.4 Å². The van der Waals surface area contributed by atoms with E-state index in [1.165, 1.54) is 0 Å². The van der Waals surface area contributed by atoms with Gasteiger partial charge in [-0.3, -0.25) is 9.78 Å². The summed E-state index contributed by atoms with van der Waals surface area (Å²) in [7, 11) is 1.81. The van der Waals surface area contributed by atoms with Crippen LogP contribution in [0.3, 0.4) is 0 Å². The molecule has 4 heteroatoms. The van der Waals surface area contributed by atoms with Gasteiger partial charge >= 0.3 is 0 Å². The van der Waals surface area contributed by atoms with Gasteiger partial charge < -0.3 is 10.6 Å². The average molecular weight is 235 g/mol. The number of carbonyl (C=O) groups is 1. The lowest BCUT2D eigenvalue weighted by atomic mass is 10.2. The van der Waals surface area contributed by atoms with Gasteiger partial charge in [0.1, 0.15) is 5.69 Å². The van der Waals surface area contributed by atoms with Gasteiger partial charge in [0.2, 0.25) is 0 Å². The number of unbranched alkanes of at least 4 members (excludes halogenated alkanes) is 2. The molecule has 0 aliphatic carbocycles. The summed E-state index contributed by atoms with van der Waals surface area (Å²) < 4.78 is 0. The number of rotatable bonds is 6. The summed E-state index contributed by atoms with van der Waals surface area (Å²) in [4.78, 5) is 17.8. The minimum Gasteiger partial charge on any atom is -0.340 e. The van der Waals surface area contributed by atoms with Crippen LogP contribution in [-0.2, 0) is 6.54 Å². The summed E-state index contributed by atoms with van der Waals surface area (Å²) in [6.07, 6.45) is 4.97. The maximum absolute atomic E-state index is 12.0. The van der Waals surface area contributed by atoms with Crippen molar-refractivity contribution in [3.8, 4) is 0 Å². The zero-order valence-electron chi connectivity index (χ0n) is 10.6. The molecular formula is C13H21N3O. The molecule has 94 valence electrons. The fourth-order valence-corrected chi connectivity index (χ4v) is 1.61. The first-order valence-electron chi connectivity index (χ1n) is 6.09. The van der Waals surface area contributed by atoms with Gasteiger partial charge in [0.15, 0.2) is 0 Å². The van der Waals surface area contributed by atoms with Crippen LogP contribution in [0, 0.1) is 0 Å². The van der Waals surface area contributed by atoms with Crippen LogP contribution in [0.4, 0.5) is 0 Å². The molecule has 4 nitrogen and oxygen atoms in total. The quantitative estimate of drug-likeness (QED) is 0.765. The number of aromatic nitrogens is 1. The number of hydrogen-bond donors (Lipinski definition) is 1. The summed E-state index contributed by atoms with van der Waals surface area (Å²) in [6, 6.07) is 3.59. The van der Waals surface area contributed by atoms with Gasteiger partial charge in [0, 0.05) is 26.3 Å². The van der Waals surface area contributed by atoms with Crippen LogP contribution in [0.2, 0.25) is 0 Å². The fourth-order valence-electron chi connectivity index (χ4n) is 1.61. The SMILES string of the molecule is CCCCCN(C)C(=O)c1cc(CN)ccn1. The summed E-state index contributed by atoms with van der Waals surface area (Å²) in [6.45, 7) is 3.36. The largest absolute Gasteiger partial charge is 0.340 e. The second-order valence-corrected chi connectivity index (χ2v) is 4.19. The number of nitrogens with zero attached hydrogens (tertiary/aromatic N) is 2. The Hall–Kier alpha value is -1.42. The molecule has 2 N–H and O–H groups in total. The van der Waals surface area contributed by atoms with Crippen molar-refractivity contribution in [3.63, 3.8) is 0 Å². The lowest BCUT2D eigenvalue weighted by Crippen LogP contribution is -2.28.